The van der Waals surface area contributed by atoms with Crippen molar-refractivity contribution in [3.8, 4) is 5.75 Å². The maximum Gasteiger partial charge on any atom is 0.455 e. The molecule has 0 aliphatic rings. The topological polar surface area (TPSA) is 35.2 Å². The number of ether oxygens (including phenoxy) is 1. The predicted molar refractivity (Wildman–Crippen MR) is 58.6 cm³/mol. The predicted octanol–water partition coefficient (Wildman–Crippen LogP) is 3.66. The van der Waals surface area contributed by atoms with E-state index in [9.17, 15) is 22.0 Å². The fraction of sp³-hybridized carbons (Fsp3) is 0.400. The normalized spacial score (nSPS) is 14.4. The van der Waals surface area contributed by atoms with E-state index < -0.39 is 23.7 Å². The molecule has 0 aliphatic carbocycles. The summed E-state index contributed by atoms with van der Waals surface area (Å²) in [5.74, 6) is -5.17. The van der Waals surface area contributed by atoms with Crippen LogP contribution in [-0.2, 0) is 0 Å². The molecule has 0 heterocycles. The first-order valence-electron chi connectivity index (χ1n) is 4.64. The van der Waals surface area contributed by atoms with Gasteiger partial charge in [-0.05, 0) is 18.2 Å². The summed E-state index contributed by atoms with van der Waals surface area (Å²) in [6.45, 7) is 0. The molecule has 1 aromatic rings. The van der Waals surface area contributed by atoms with Crippen LogP contribution >= 0.6 is 15.9 Å². The van der Waals surface area contributed by atoms with Gasteiger partial charge in [0.25, 0.3) is 0 Å². The number of benzene rings is 1. The van der Waals surface area contributed by atoms with Crippen molar-refractivity contribution in [3.05, 3.63) is 28.2 Å². The first kappa shape index (κ1) is 15.2. The minimum atomic E-state index is -5.72. The van der Waals surface area contributed by atoms with Crippen LogP contribution in [-0.4, -0.2) is 19.2 Å². The van der Waals surface area contributed by atoms with E-state index in [0.717, 1.165) is 13.2 Å². The van der Waals surface area contributed by atoms with E-state index in [1.165, 1.54) is 12.1 Å². The molecule has 102 valence electrons. The highest BCUT2D eigenvalue weighted by Crippen LogP contribution is 2.45. The Hall–Kier alpha value is -0.890. The molecule has 0 amide bonds. The van der Waals surface area contributed by atoms with Crippen LogP contribution in [0.5, 0.6) is 5.75 Å². The second kappa shape index (κ2) is 5.00. The molecule has 1 aromatic carbocycles. The molecule has 0 saturated carbocycles. The lowest BCUT2D eigenvalue weighted by Gasteiger charge is -2.27. The van der Waals surface area contributed by atoms with Crippen LogP contribution in [0.25, 0.3) is 0 Å². The molecule has 2 N–H and O–H groups in total. The molecule has 2 nitrogen and oxygen atoms in total. The van der Waals surface area contributed by atoms with Crippen LogP contribution in [0.2, 0.25) is 0 Å². The summed E-state index contributed by atoms with van der Waals surface area (Å²) in [5, 5.41) is 0. The van der Waals surface area contributed by atoms with Crippen LogP contribution in [0.1, 0.15) is 11.6 Å². The average Bonchev–Trinajstić information content (AvgIpc) is 2.26. The van der Waals surface area contributed by atoms with E-state index in [0.29, 0.717) is 4.47 Å². The number of hydrogen-bond donors (Lipinski definition) is 1. The second-order valence-corrected chi connectivity index (χ2v) is 4.40. The van der Waals surface area contributed by atoms with Crippen molar-refractivity contribution in [2.75, 3.05) is 7.11 Å². The highest BCUT2D eigenvalue weighted by molar-refractivity contribution is 9.10. The minimum absolute atomic E-state index is 0.130. The number of hydrogen-bond acceptors (Lipinski definition) is 2. The maximum atomic E-state index is 13.1. The fourth-order valence-electron chi connectivity index (χ4n) is 1.32. The molecule has 0 aromatic heterocycles. The number of nitrogens with two attached hydrogens (primary N) is 1. The summed E-state index contributed by atoms with van der Waals surface area (Å²) in [4.78, 5) is 0. The zero-order chi connectivity index (χ0) is 14.1. The molecule has 0 spiro atoms. The van der Waals surface area contributed by atoms with E-state index in [-0.39, 0.29) is 5.75 Å². The van der Waals surface area contributed by atoms with Gasteiger partial charge in [0, 0.05) is 10.0 Å². The molecular weight excluding hydrogens is 325 g/mol. The van der Waals surface area contributed by atoms with Gasteiger partial charge in [0.15, 0.2) is 0 Å². The van der Waals surface area contributed by atoms with Crippen LogP contribution in [0, 0.1) is 0 Å². The van der Waals surface area contributed by atoms with Crippen molar-refractivity contribution in [1.82, 2.24) is 0 Å². The number of rotatable bonds is 3. The zero-order valence-corrected chi connectivity index (χ0v) is 10.6. The first-order valence-corrected chi connectivity index (χ1v) is 5.44. The Morgan fingerprint density at radius 3 is 2.22 bits per heavy atom. The molecule has 0 unspecified atom stereocenters. The van der Waals surface area contributed by atoms with Crippen molar-refractivity contribution in [2.45, 2.75) is 18.1 Å². The van der Waals surface area contributed by atoms with Gasteiger partial charge in [-0.3, -0.25) is 0 Å². The summed E-state index contributed by atoms with van der Waals surface area (Å²) >= 11 is 2.97. The molecule has 0 aliphatic heterocycles. The third-order valence-corrected chi connectivity index (χ3v) is 2.79. The molecule has 0 radical (unpaired) electrons. The van der Waals surface area contributed by atoms with Crippen LogP contribution < -0.4 is 10.5 Å². The van der Waals surface area contributed by atoms with Gasteiger partial charge in [-0.2, -0.15) is 22.0 Å². The smallest absolute Gasteiger partial charge is 0.455 e. The third-order valence-electron chi connectivity index (χ3n) is 2.30. The number of halogens is 6. The monoisotopic (exact) mass is 333 g/mol. The minimum Gasteiger partial charge on any atom is -0.496 e. The van der Waals surface area contributed by atoms with Crippen molar-refractivity contribution in [1.29, 1.82) is 0 Å². The summed E-state index contributed by atoms with van der Waals surface area (Å²) in [7, 11) is 1.16. The quantitative estimate of drug-likeness (QED) is 0.857. The molecule has 18 heavy (non-hydrogen) atoms. The molecular formula is C10H9BrF5NO. The average molecular weight is 334 g/mol. The van der Waals surface area contributed by atoms with E-state index in [4.69, 9.17) is 10.5 Å². The number of methoxy groups -OCH3 is 1. The van der Waals surface area contributed by atoms with Gasteiger partial charge in [-0.25, -0.2) is 0 Å². The Morgan fingerprint density at radius 2 is 1.78 bits per heavy atom. The van der Waals surface area contributed by atoms with Gasteiger partial charge >= 0.3 is 12.1 Å². The Labute approximate surface area is 108 Å². The lowest BCUT2D eigenvalue weighted by molar-refractivity contribution is -0.291. The fourth-order valence-corrected chi connectivity index (χ4v) is 1.70. The summed E-state index contributed by atoms with van der Waals surface area (Å²) in [6.07, 6.45) is -5.72. The van der Waals surface area contributed by atoms with E-state index >= 15 is 0 Å². The Morgan fingerprint density at radius 1 is 1.22 bits per heavy atom. The molecule has 0 bridgehead atoms. The molecule has 8 heteroatoms. The lowest BCUT2D eigenvalue weighted by atomic mass is 10.00. The van der Waals surface area contributed by atoms with Crippen molar-refractivity contribution in [3.63, 3.8) is 0 Å². The molecule has 1 rings (SSSR count). The highest BCUT2D eigenvalue weighted by Gasteiger charge is 2.62. The van der Waals surface area contributed by atoms with E-state index in [1.54, 1.807) is 0 Å². The van der Waals surface area contributed by atoms with Crippen LogP contribution in [0.4, 0.5) is 22.0 Å². The molecule has 1 atom stereocenters. The lowest BCUT2D eigenvalue weighted by Crippen LogP contribution is -2.45. The Bertz CT molecular complexity index is 435. The van der Waals surface area contributed by atoms with Gasteiger partial charge in [-0.15, -0.1) is 0 Å². The van der Waals surface area contributed by atoms with Crippen molar-refractivity contribution >= 4 is 15.9 Å². The Kier molecular flexibility index (Phi) is 4.22. The van der Waals surface area contributed by atoms with Crippen molar-refractivity contribution in [2.24, 2.45) is 5.73 Å². The largest absolute Gasteiger partial charge is 0.496 e. The van der Waals surface area contributed by atoms with Gasteiger partial charge in [-0.1, -0.05) is 15.9 Å². The molecule has 0 saturated heterocycles. The zero-order valence-electron chi connectivity index (χ0n) is 9.06. The molecule has 0 fully saturated rings. The van der Waals surface area contributed by atoms with E-state index in [2.05, 4.69) is 15.9 Å². The highest BCUT2D eigenvalue weighted by atomic mass is 79.9. The van der Waals surface area contributed by atoms with Gasteiger partial charge < -0.3 is 10.5 Å². The van der Waals surface area contributed by atoms with E-state index in [1.807, 2.05) is 0 Å². The SMILES string of the molecule is COc1ccc(Br)cc1[C@H](N)C(F)(F)C(F)(F)F. The summed E-state index contributed by atoms with van der Waals surface area (Å²) in [6, 6.07) is 1.24. The Balaban J connectivity index is 3.26. The van der Waals surface area contributed by atoms with Crippen molar-refractivity contribution < 1.29 is 26.7 Å². The van der Waals surface area contributed by atoms with Gasteiger partial charge in [0.05, 0.1) is 7.11 Å². The standard InChI is InChI=1S/C10H9BrF5NO/c1-18-7-3-2-5(11)4-6(7)8(17)9(12,13)10(14,15)16/h2-4,8H,17H2,1H3/t8-/m0/s1. The summed E-state index contributed by atoms with van der Waals surface area (Å²) < 4.78 is 68.0. The third kappa shape index (κ3) is 2.74. The maximum absolute atomic E-state index is 13.1. The number of alkyl halides is 5. The van der Waals surface area contributed by atoms with Gasteiger partial charge in [0.1, 0.15) is 11.8 Å². The summed E-state index contributed by atoms with van der Waals surface area (Å²) in [5.41, 5.74) is 4.61. The van der Waals surface area contributed by atoms with Crippen LogP contribution in [0.15, 0.2) is 22.7 Å². The first-order chi connectivity index (χ1) is 8.11. The van der Waals surface area contributed by atoms with Gasteiger partial charge in [0.2, 0.25) is 0 Å². The van der Waals surface area contributed by atoms with Crippen LogP contribution in [0.3, 0.4) is 0 Å². The second-order valence-electron chi connectivity index (χ2n) is 3.48.